The molecule has 0 fully saturated rings. The molecule has 20 heavy (non-hydrogen) atoms. The van der Waals surface area contributed by atoms with Crippen molar-refractivity contribution in [3.8, 4) is 11.4 Å². The van der Waals surface area contributed by atoms with Crippen LogP contribution in [0.3, 0.4) is 0 Å². The van der Waals surface area contributed by atoms with E-state index in [0.717, 1.165) is 40.3 Å². The van der Waals surface area contributed by atoms with Crippen molar-refractivity contribution in [2.24, 2.45) is 7.05 Å². The molecule has 0 saturated heterocycles. The molecule has 1 aliphatic rings. The van der Waals surface area contributed by atoms with Gasteiger partial charge in [-0.05, 0) is 37.3 Å². The molecule has 0 bridgehead atoms. The summed E-state index contributed by atoms with van der Waals surface area (Å²) in [7, 11) is 2.05. The number of aromatic nitrogens is 3. The van der Waals surface area contributed by atoms with Crippen LogP contribution in [-0.4, -0.2) is 14.5 Å². The van der Waals surface area contributed by atoms with Gasteiger partial charge >= 0.3 is 0 Å². The van der Waals surface area contributed by atoms with E-state index >= 15 is 0 Å². The Morgan fingerprint density at radius 1 is 1.30 bits per heavy atom. The first-order chi connectivity index (χ1) is 9.75. The lowest BCUT2D eigenvalue weighted by molar-refractivity contribution is 0.697. The van der Waals surface area contributed by atoms with Gasteiger partial charge in [-0.1, -0.05) is 0 Å². The van der Waals surface area contributed by atoms with E-state index in [-0.39, 0.29) is 0 Å². The number of aryl methyl sites for hydroxylation is 2. The monoisotopic (exact) mass is 284 g/mol. The Labute approximate surface area is 121 Å². The van der Waals surface area contributed by atoms with Crippen molar-refractivity contribution in [1.29, 1.82) is 0 Å². The molecule has 0 saturated carbocycles. The van der Waals surface area contributed by atoms with Gasteiger partial charge in [0.05, 0.1) is 22.3 Å². The molecule has 4 rings (SSSR count). The molecule has 0 aliphatic heterocycles. The van der Waals surface area contributed by atoms with Gasteiger partial charge in [0, 0.05) is 18.1 Å². The lowest BCUT2D eigenvalue weighted by Gasteiger charge is -2.12. The molecule has 0 amide bonds. The number of hydrogen-bond acceptors (Lipinski definition) is 4. The smallest absolute Gasteiger partial charge is 0.144 e. The third-order valence-corrected chi connectivity index (χ3v) is 5.23. The van der Waals surface area contributed by atoms with Crippen molar-refractivity contribution < 1.29 is 0 Å². The molecule has 3 aromatic rings. The Balaban J connectivity index is 2.00. The highest BCUT2D eigenvalue weighted by Gasteiger charge is 2.23. The molecule has 0 spiro atoms. The maximum Gasteiger partial charge on any atom is 0.144 e. The van der Waals surface area contributed by atoms with E-state index in [0.29, 0.717) is 0 Å². The van der Waals surface area contributed by atoms with Gasteiger partial charge in [0.1, 0.15) is 11.3 Å². The number of hydrogen-bond donors (Lipinski definition) is 1. The number of nitrogens with zero attached hydrogens (tertiary/aromatic N) is 3. The normalized spacial score (nSPS) is 14.7. The molecule has 3 heterocycles. The molecule has 102 valence electrons. The zero-order valence-corrected chi connectivity index (χ0v) is 12.2. The van der Waals surface area contributed by atoms with Crippen LogP contribution in [0.2, 0.25) is 0 Å². The van der Waals surface area contributed by atoms with Crippen LogP contribution in [0.15, 0.2) is 18.5 Å². The number of imidazole rings is 1. The van der Waals surface area contributed by atoms with E-state index in [1.807, 2.05) is 12.3 Å². The second-order valence-corrected chi connectivity index (χ2v) is 6.45. The number of nitrogen functional groups attached to an aromatic ring is 1. The molecule has 4 nitrogen and oxygen atoms in total. The SMILES string of the molecule is Cn1c(-c2c(N)sc3c2CCCC3)nc2cnccc21. The molecule has 0 radical (unpaired) electrons. The van der Waals surface area contributed by atoms with E-state index in [9.17, 15) is 0 Å². The number of fused-ring (bicyclic) bond motifs is 2. The fourth-order valence-electron chi connectivity index (χ4n) is 3.11. The average molecular weight is 284 g/mol. The number of pyridine rings is 1. The fraction of sp³-hybridized carbons (Fsp3) is 0.333. The van der Waals surface area contributed by atoms with Crippen LogP contribution < -0.4 is 5.73 Å². The van der Waals surface area contributed by atoms with Gasteiger partial charge in [-0.15, -0.1) is 11.3 Å². The van der Waals surface area contributed by atoms with Gasteiger partial charge in [0.2, 0.25) is 0 Å². The van der Waals surface area contributed by atoms with Gasteiger partial charge in [0.25, 0.3) is 0 Å². The summed E-state index contributed by atoms with van der Waals surface area (Å²) in [5.41, 5.74) is 10.9. The summed E-state index contributed by atoms with van der Waals surface area (Å²) in [6.07, 6.45) is 8.43. The first-order valence-corrected chi connectivity index (χ1v) is 7.74. The largest absolute Gasteiger partial charge is 0.390 e. The highest BCUT2D eigenvalue weighted by molar-refractivity contribution is 7.16. The topological polar surface area (TPSA) is 56.7 Å². The van der Waals surface area contributed by atoms with Crippen LogP contribution in [-0.2, 0) is 19.9 Å². The fourth-order valence-corrected chi connectivity index (χ4v) is 4.26. The van der Waals surface area contributed by atoms with Crippen LogP contribution in [0.1, 0.15) is 23.3 Å². The van der Waals surface area contributed by atoms with Gasteiger partial charge < -0.3 is 10.3 Å². The lowest BCUT2D eigenvalue weighted by Crippen LogP contribution is -2.02. The van der Waals surface area contributed by atoms with E-state index in [4.69, 9.17) is 10.7 Å². The second kappa shape index (κ2) is 4.31. The quantitative estimate of drug-likeness (QED) is 0.746. The van der Waals surface area contributed by atoms with Gasteiger partial charge in [-0.25, -0.2) is 4.98 Å². The van der Waals surface area contributed by atoms with Crippen LogP contribution in [0.4, 0.5) is 5.00 Å². The van der Waals surface area contributed by atoms with Gasteiger partial charge in [-0.2, -0.15) is 0 Å². The number of nitrogens with two attached hydrogens (primary N) is 1. The Bertz CT molecular complexity index is 800. The predicted octanol–water partition coefficient (Wildman–Crippen LogP) is 3.16. The lowest BCUT2D eigenvalue weighted by atomic mass is 9.95. The van der Waals surface area contributed by atoms with Crippen LogP contribution in [0.5, 0.6) is 0 Å². The summed E-state index contributed by atoms with van der Waals surface area (Å²) in [6, 6.07) is 2.00. The standard InChI is InChI=1S/C15H16N4S/c1-19-11-6-7-17-8-10(11)18-15(19)13-9-4-2-3-5-12(9)20-14(13)16/h6-8H,2-5,16H2,1H3. The minimum atomic E-state index is 0.906. The Kier molecular flexibility index (Phi) is 2.57. The molecular formula is C15H16N4S. The molecule has 0 aromatic carbocycles. The molecule has 3 aromatic heterocycles. The van der Waals surface area contributed by atoms with E-state index in [2.05, 4.69) is 16.6 Å². The van der Waals surface area contributed by atoms with Crippen LogP contribution >= 0.6 is 11.3 Å². The zero-order chi connectivity index (χ0) is 13.7. The van der Waals surface area contributed by atoms with Crippen LogP contribution in [0, 0.1) is 0 Å². The van der Waals surface area contributed by atoms with Crippen molar-refractivity contribution in [3.63, 3.8) is 0 Å². The summed E-state index contributed by atoms with van der Waals surface area (Å²) in [6.45, 7) is 0. The first kappa shape index (κ1) is 11.9. The summed E-state index contributed by atoms with van der Waals surface area (Å²) in [4.78, 5) is 10.4. The van der Waals surface area contributed by atoms with Crippen molar-refractivity contribution >= 4 is 27.4 Å². The van der Waals surface area contributed by atoms with E-state index < -0.39 is 0 Å². The second-order valence-electron chi connectivity index (χ2n) is 5.31. The Morgan fingerprint density at radius 2 is 2.15 bits per heavy atom. The van der Waals surface area contributed by atoms with Crippen molar-refractivity contribution in [2.75, 3.05) is 5.73 Å². The van der Waals surface area contributed by atoms with E-state index in [1.165, 1.54) is 23.3 Å². The van der Waals surface area contributed by atoms with Gasteiger partial charge in [0.15, 0.2) is 0 Å². The van der Waals surface area contributed by atoms with E-state index in [1.54, 1.807) is 17.5 Å². The highest BCUT2D eigenvalue weighted by atomic mass is 32.1. The number of rotatable bonds is 1. The Morgan fingerprint density at radius 3 is 3.00 bits per heavy atom. The zero-order valence-electron chi connectivity index (χ0n) is 11.4. The van der Waals surface area contributed by atoms with Gasteiger partial charge in [-0.3, -0.25) is 4.98 Å². The van der Waals surface area contributed by atoms with Crippen molar-refractivity contribution in [1.82, 2.24) is 14.5 Å². The maximum absolute atomic E-state index is 6.29. The van der Waals surface area contributed by atoms with Crippen molar-refractivity contribution in [3.05, 3.63) is 28.9 Å². The molecular weight excluding hydrogens is 268 g/mol. The molecule has 2 N–H and O–H groups in total. The summed E-state index contributed by atoms with van der Waals surface area (Å²) < 4.78 is 2.13. The minimum Gasteiger partial charge on any atom is -0.390 e. The van der Waals surface area contributed by atoms with Crippen LogP contribution in [0.25, 0.3) is 22.4 Å². The average Bonchev–Trinajstić information content (AvgIpc) is 2.96. The van der Waals surface area contributed by atoms with Crippen molar-refractivity contribution in [2.45, 2.75) is 25.7 Å². The summed E-state index contributed by atoms with van der Waals surface area (Å²) in [5, 5.41) is 0.906. The number of anilines is 1. The first-order valence-electron chi connectivity index (χ1n) is 6.92. The third kappa shape index (κ3) is 1.59. The molecule has 1 aliphatic carbocycles. The molecule has 0 atom stereocenters. The molecule has 5 heteroatoms. The molecule has 0 unspecified atom stereocenters. The third-order valence-electron chi connectivity index (χ3n) is 4.11. The highest BCUT2D eigenvalue weighted by Crippen LogP contribution is 2.42. The maximum atomic E-state index is 6.29. The summed E-state index contributed by atoms with van der Waals surface area (Å²) in [5.74, 6) is 0.977. The minimum absolute atomic E-state index is 0.906. The predicted molar refractivity (Wildman–Crippen MR) is 82.9 cm³/mol. The Hall–Kier alpha value is -1.88. The summed E-state index contributed by atoms with van der Waals surface area (Å²) >= 11 is 1.74. The number of thiophene rings is 1.